The summed E-state index contributed by atoms with van der Waals surface area (Å²) in [7, 11) is 4.75. The van der Waals surface area contributed by atoms with Crippen molar-refractivity contribution in [1.29, 1.82) is 0 Å². The van der Waals surface area contributed by atoms with Crippen molar-refractivity contribution >= 4 is 11.8 Å². The molecular weight excluding hydrogens is 384 g/mol. The molecule has 1 aliphatic heterocycles. The second-order valence-corrected chi connectivity index (χ2v) is 7.16. The summed E-state index contributed by atoms with van der Waals surface area (Å²) < 4.78 is 16.1. The van der Waals surface area contributed by atoms with E-state index in [1.54, 1.807) is 38.4 Å². The molecule has 0 spiro atoms. The summed E-state index contributed by atoms with van der Waals surface area (Å²) in [6, 6.07) is 14.7. The first-order valence-corrected chi connectivity index (χ1v) is 9.92. The van der Waals surface area contributed by atoms with Crippen molar-refractivity contribution in [2.24, 2.45) is 5.92 Å². The number of para-hydroxylation sites is 1. The summed E-state index contributed by atoms with van der Waals surface area (Å²) in [4.78, 5) is 27.8. The summed E-state index contributed by atoms with van der Waals surface area (Å²) in [6.07, 6.45) is 0. The van der Waals surface area contributed by atoms with Crippen LogP contribution in [-0.4, -0.2) is 64.3 Å². The summed E-state index contributed by atoms with van der Waals surface area (Å²) in [5, 5.41) is 2.92. The van der Waals surface area contributed by atoms with Crippen molar-refractivity contribution in [3.8, 4) is 11.5 Å². The second kappa shape index (κ2) is 10.1. The molecule has 0 aliphatic carbocycles. The van der Waals surface area contributed by atoms with Crippen LogP contribution in [0.3, 0.4) is 0 Å². The number of hydrogen-bond acceptors (Lipinski definition) is 5. The number of amides is 2. The number of rotatable bonds is 8. The molecule has 1 saturated heterocycles. The van der Waals surface area contributed by atoms with E-state index in [-0.39, 0.29) is 17.7 Å². The lowest BCUT2D eigenvalue weighted by Gasteiger charge is -2.21. The molecule has 1 heterocycles. The number of benzene rings is 2. The topological polar surface area (TPSA) is 77.1 Å². The average molecular weight is 412 g/mol. The number of methoxy groups -OCH3 is 3. The Balaban J connectivity index is 1.92. The number of nitrogens with zero attached hydrogens (tertiary/aromatic N) is 1. The molecular formula is C23H28N2O5. The van der Waals surface area contributed by atoms with Crippen LogP contribution in [0.5, 0.6) is 11.5 Å². The van der Waals surface area contributed by atoms with Gasteiger partial charge in [0, 0.05) is 43.8 Å². The molecule has 0 unspecified atom stereocenters. The van der Waals surface area contributed by atoms with E-state index in [0.717, 1.165) is 5.56 Å². The van der Waals surface area contributed by atoms with Gasteiger partial charge >= 0.3 is 0 Å². The van der Waals surface area contributed by atoms with Gasteiger partial charge in [-0.3, -0.25) is 9.59 Å². The van der Waals surface area contributed by atoms with Crippen molar-refractivity contribution < 1.29 is 23.8 Å². The number of likely N-dealkylation sites (tertiary alicyclic amines) is 1. The molecule has 1 aliphatic rings. The van der Waals surface area contributed by atoms with E-state index in [1.807, 2.05) is 36.4 Å². The minimum Gasteiger partial charge on any atom is -0.493 e. The van der Waals surface area contributed by atoms with Gasteiger partial charge in [-0.15, -0.1) is 0 Å². The van der Waals surface area contributed by atoms with Gasteiger partial charge < -0.3 is 24.4 Å². The zero-order valence-corrected chi connectivity index (χ0v) is 17.6. The van der Waals surface area contributed by atoms with Crippen LogP contribution in [0.15, 0.2) is 48.5 Å². The van der Waals surface area contributed by atoms with Gasteiger partial charge in [0.05, 0.1) is 26.7 Å². The van der Waals surface area contributed by atoms with Gasteiger partial charge in [0.25, 0.3) is 5.91 Å². The summed E-state index contributed by atoms with van der Waals surface area (Å²) >= 11 is 0. The molecule has 2 aromatic rings. The third kappa shape index (κ3) is 4.57. The minimum atomic E-state index is -0.407. The maximum Gasteiger partial charge on any atom is 0.253 e. The molecule has 2 atom stereocenters. The smallest absolute Gasteiger partial charge is 0.253 e. The van der Waals surface area contributed by atoms with Crippen LogP contribution in [0.1, 0.15) is 21.8 Å². The fourth-order valence-corrected chi connectivity index (χ4v) is 3.93. The maximum atomic E-state index is 13.0. The van der Waals surface area contributed by atoms with Gasteiger partial charge in [-0.2, -0.15) is 0 Å². The highest BCUT2D eigenvalue weighted by Crippen LogP contribution is 2.42. The van der Waals surface area contributed by atoms with Crippen molar-refractivity contribution in [1.82, 2.24) is 10.2 Å². The molecule has 0 aromatic heterocycles. The molecule has 1 N–H and O–H groups in total. The van der Waals surface area contributed by atoms with E-state index in [0.29, 0.717) is 43.3 Å². The number of nitrogens with one attached hydrogen (secondary N) is 1. The molecule has 7 nitrogen and oxygen atoms in total. The monoisotopic (exact) mass is 412 g/mol. The highest BCUT2D eigenvalue weighted by atomic mass is 16.5. The lowest BCUT2D eigenvalue weighted by atomic mass is 9.87. The normalized spacial score (nSPS) is 18.2. The Hall–Kier alpha value is -3.06. The first-order valence-electron chi connectivity index (χ1n) is 9.92. The van der Waals surface area contributed by atoms with E-state index in [9.17, 15) is 9.59 Å². The van der Waals surface area contributed by atoms with Crippen LogP contribution >= 0.6 is 0 Å². The Labute approximate surface area is 176 Å². The molecule has 2 amide bonds. The molecule has 3 rings (SSSR count). The van der Waals surface area contributed by atoms with E-state index in [2.05, 4.69) is 5.32 Å². The largest absolute Gasteiger partial charge is 0.493 e. The Kier molecular flexibility index (Phi) is 7.30. The lowest BCUT2D eigenvalue weighted by molar-refractivity contribution is -0.125. The summed E-state index contributed by atoms with van der Waals surface area (Å²) in [6.45, 7) is 1.59. The highest BCUT2D eigenvalue weighted by molar-refractivity contribution is 5.95. The van der Waals surface area contributed by atoms with Gasteiger partial charge in [0.1, 0.15) is 0 Å². The summed E-state index contributed by atoms with van der Waals surface area (Å²) in [5.41, 5.74) is 1.46. The van der Waals surface area contributed by atoms with Crippen LogP contribution in [0.2, 0.25) is 0 Å². The van der Waals surface area contributed by atoms with Gasteiger partial charge in [-0.25, -0.2) is 0 Å². The number of hydrogen-bond donors (Lipinski definition) is 1. The van der Waals surface area contributed by atoms with E-state index in [1.165, 1.54) is 0 Å². The molecule has 2 aromatic carbocycles. The fraction of sp³-hybridized carbons (Fsp3) is 0.391. The number of carbonyl (C=O) groups excluding carboxylic acids is 2. The predicted molar refractivity (Wildman–Crippen MR) is 113 cm³/mol. The van der Waals surface area contributed by atoms with Crippen LogP contribution in [-0.2, 0) is 9.53 Å². The van der Waals surface area contributed by atoms with Gasteiger partial charge in [0.2, 0.25) is 5.91 Å². The first-order chi connectivity index (χ1) is 14.6. The first kappa shape index (κ1) is 21.6. The van der Waals surface area contributed by atoms with Crippen LogP contribution in [0.4, 0.5) is 0 Å². The predicted octanol–water partition coefficient (Wildman–Crippen LogP) is 2.32. The third-order valence-electron chi connectivity index (χ3n) is 5.40. The third-order valence-corrected chi connectivity index (χ3v) is 5.40. The van der Waals surface area contributed by atoms with Crippen LogP contribution in [0, 0.1) is 5.92 Å². The fourth-order valence-electron chi connectivity index (χ4n) is 3.93. The summed E-state index contributed by atoms with van der Waals surface area (Å²) in [5.74, 6) is 0.371. The van der Waals surface area contributed by atoms with E-state index >= 15 is 0 Å². The maximum absolute atomic E-state index is 13.0. The zero-order valence-electron chi connectivity index (χ0n) is 17.6. The zero-order chi connectivity index (χ0) is 21.5. The van der Waals surface area contributed by atoms with E-state index in [4.69, 9.17) is 14.2 Å². The molecule has 1 fully saturated rings. The molecule has 0 saturated carbocycles. The molecule has 0 bridgehead atoms. The number of carbonyl (C=O) groups is 2. The van der Waals surface area contributed by atoms with E-state index < -0.39 is 5.92 Å². The molecule has 160 valence electrons. The molecule has 7 heteroatoms. The minimum absolute atomic E-state index is 0.0883. The SMILES string of the molecule is COCCNC(=O)[C@@H]1CN(C(=O)c2ccccc2)C[C@H]1c1cccc(OC)c1OC. The molecule has 30 heavy (non-hydrogen) atoms. The Morgan fingerprint density at radius 1 is 1.00 bits per heavy atom. The van der Waals surface area contributed by atoms with Crippen molar-refractivity contribution in [3.05, 3.63) is 59.7 Å². The van der Waals surface area contributed by atoms with Crippen molar-refractivity contribution in [3.63, 3.8) is 0 Å². The van der Waals surface area contributed by atoms with Crippen LogP contribution in [0.25, 0.3) is 0 Å². The quantitative estimate of drug-likeness (QED) is 0.674. The Morgan fingerprint density at radius 2 is 1.77 bits per heavy atom. The van der Waals surface area contributed by atoms with Crippen molar-refractivity contribution in [2.45, 2.75) is 5.92 Å². The van der Waals surface area contributed by atoms with Gasteiger partial charge in [0.15, 0.2) is 11.5 Å². The van der Waals surface area contributed by atoms with Crippen LogP contribution < -0.4 is 14.8 Å². The second-order valence-electron chi connectivity index (χ2n) is 7.16. The Morgan fingerprint density at radius 3 is 2.43 bits per heavy atom. The number of ether oxygens (including phenoxy) is 3. The standard InChI is InChI=1S/C23H28N2O5/c1-28-13-12-24-22(26)19-15-25(23(27)16-8-5-4-6-9-16)14-18(19)17-10-7-11-20(29-2)21(17)30-3/h4-11,18-19H,12-15H2,1-3H3,(H,24,26)/t18-,19+/m0/s1. The van der Waals surface area contributed by atoms with Crippen molar-refractivity contribution in [2.75, 3.05) is 47.6 Å². The van der Waals surface area contributed by atoms with Gasteiger partial charge in [-0.05, 0) is 18.2 Å². The average Bonchev–Trinajstić information content (AvgIpc) is 3.24. The lowest BCUT2D eigenvalue weighted by Crippen LogP contribution is -2.37. The van der Waals surface area contributed by atoms with Gasteiger partial charge in [-0.1, -0.05) is 30.3 Å². The molecule has 0 radical (unpaired) electrons. The highest BCUT2D eigenvalue weighted by Gasteiger charge is 2.42. The Bertz CT molecular complexity index is 871.